The van der Waals surface area contributed by atoms with Gasteiger partial charge in [0.1, 0.15) is 0 Å². The van der Waals surface area contributed by atoms with Crippen molar-refractivity contribution in [2.45, 2.75) is 193 Å². The van der Waals surface area contributed by atoms with Crippen LogP contribution < -0.4 is 20.8 Å². The van der Waals surface area contributed by atoms with Crippen molar-refractivity contribution in [3.8, 4) is 0 Å². The lowest BCUT2D eigenvalue weighted by molar-refractivity contribution is -0.122. The van der Waals surface area contributed by atoms with E-state index >= 15 is 0 Å². The molecule has 0 spiro atoms. The smallest absolute Gasteiger partial charge is 0.237 e. The van der Waals surface area contributed by atoms with Crippen LogP contribution in [0.15, 0.2) is 60.7 Å². The highest BCUT2D eigenvalue weighted by atomic mass is 16.7. The third kappa shape index (κ3) is 22.1. The zero-order chi connectivity index (χ0) is 38.9. The molecule has 1 saturated heterocycles. The Hall–Kier alpha value is -2.61. The lowest BCUT2D eigenvalue weighted by atomic mass is 10.1. The summed E-state index contributed by atoms with van der Waals surface area (Å²) in [6, 6.07) is 20.5. The molecular weight excluding hydrogens is 681 g/mol. The van der Waals surface area contributed by atoms with Gasteiger partial charge in [-0.2, -0.15) is 0 Å². The first kappa shape index (κ1) is 46.8. The number of para-hydroxylation sites is 2. The largest absolute Gasteiger partial charge is 0.353 e. The van der Waals surface area contributed by atoms with Gasteiger partial charge in [-0.3, -0.25) is 19.5 Å². The molecule has 7 heteroatoms. The SMILES string of the molecule is CCCCCCCCCCCCCCON(CC(CNC(=O)[C@@H]1CCCN1)N(OCCCCCCCCCCCCCC)c1ccccc1)c1ccccc1. The summed E-state index contributed by atoms with van der Waals surface area (Å²) in [6.07, 6.45) is 33.5. The van der Waals surface area contributed by atoms with Crippen LogP contribution in [0.1, 0.15) is 181 Å². The van der Waals surface area contributed by atoms with E-state index in [1.54, 1.807) is 0 Å². The summed E-state index contributed by atoms with van der Waals surface area (Å²) in [5, 5.41) is 10.7. The number of hydrogen-bond donors (Lipinski definition) is 2. The Morgan fingerprint density at radius 2 is 1.05 bits per heavy atom. The third-order valence-corrected chi connectivity index (χ3v) is 11.1. The number of nitrogens with one attached hydrogen (secondary N) is 2. The fraction of sp³-hybridized carbons (Fsp3) is 0.729. The topological polar surface area (TPSA) is 66.1 Å². The number of carbonyl (C=O) groups excluding carboxylic acids is 1. The van der Waals surface area contributed by atoms with E-state index < -0.39 is 0 Å². The number of rotatable bonds is 36. The van der Waals surface area contributed by atoms with Crippen LogP contribution in [0.2, 0.25) is 0 Å². The van der Waals surface area contributed by atoms with Gasteiger partial charge in [0.2, 0.25) is 5.91 Å². The molecular formula is C48H82N4O3. The van der Waals surface area contributed by atoms with Crippen molar-refractivity contribution < 1.29 is 14.5 Å². The van der Waals surface area contributed by atoms with E-state index in [4.69, 9.17) is 9.68 Å². The second kappa shape index (κ2) is 32.5. The first-order valence-electron chi connectivity index (χ1n) is 23.2. The number of hydroxylamine groups is 2. The van der Waals surface area contributed by atoms with Gasteiger partial charge < -0.3 is 10.6 Å². The number of nitrogens with zero attached hydrogens (tertiary/aromatic N) is 2. The number of anilines is 2. The third-order valence-electron chi connectivity index (χ3n) is 11.1. The molecule has 7 nitrogen and oxygen atoms in total. The van der Waals surface area contributed by atoms with Crippen LogP contribution in [0.25, 0.3) is 0 Å². The predicted octanol–water partition coefficient (Wildman–Crippen LogP) is 12.5. The summed E-state index contributed by atoms with van der Waals surface area (Å²) in [5.41, 5.74) is 2.01. The van der Waals surface area contributed by atoms with Crippen LogP contribution in [0, 0.1) is 0 Å². The average molecular weight is 763 g/mol. The van der Waals surface area contributed by atoms with Crippen molar-refractivity contribution in [2.75, 3.05) is 43.0 Å². The summed E-state index contributed by atoms with van der Waals surface area (Å²) in [6.45, 7) is 7.79. The predicted molar refractivity (Wildman–Crippen MR) is 235 cm³/mol. The summed E-state index contributed by atoms with van der Waals surface area (Å²) in [5.74, 6) is 0.0696. The van der Waals surface area contributed by atoms with Gasteiger partial charge in [0.25, 0.3) is 0 Å². The molecule has 2 aromatic rings. The van der Waals surface area contributed by atoms with Crippen LogP contribution in [-0.4, -0.2) is 50.8 Å². The van der Waals surface area contributed by atoms with E-state index in [1.807, 2.05) is 22.3 Å². The molecule has 1 unspecified atom stereocenters. The van der Waals surface area contributed by atoms with E-state index in [2.05, 4.69) is 73.0 Å². The van der Waals surface area contributed by atoms with Gasteiger partial charge in [-0.05, 0) is 56.5 Å². The lowest BCUT2D eigenvalue weighted by Crippen LogP contribution is -2.52. The first-order chi connectivity index (χ1) is 27.2. The van der Waals surface area contributed by atoms with Gasteiger partial charge >= 0.3 is 0 Å². The fourth-order valence-electron chi connectivity index (χ4n) is 7.68. The zero-order valence-electron chi connectivity index (χ0n) is 35.5. The molecule has 0 aliphatic carbocycles. The van der Waals surface area contributed by atoms with Crippen molar-refractivity contribution in [3.63, 3.8) is 0 Å². The Kier molecular flexibility index (Phi) is 27.6. The maximum Gasteiger partial charge on any atom is 0.237 e. The molecule has 3 rings (SSSR count). The van der Waals surface area contributed by atoms with Crippen LogP contribution >= 0.6 is 0 Å². The van der Waals surface area contributed by atoms with Crippen LogP contribution in [0.3, 0.4) is 0 Å². The minimum Gasteiger partial charge on any atom is -0.353 e. The highest BCUT2D eigenvalue weighted by Crippen LogP contribution is 2.23. The minimum atomic E-state index is -0.174. The molecule has 2 aromatic carbocycles. The van der Waals surface area contributed by atoms with Gasteiger partial charge in [0.15, 0.2) is 0 Å². The molecule has 312 valence electrons. The highest BCUT2D eigenvalue weighted by Gasteiger charge is 2.28. The Morgan fingerprint density at radius 1 is 0.618 bits per heavy atom. The van der Waals surface area contributed by atoms with E-state index in [-0.39, 0.29) is 18.0 Å². The number of carbonyl (C=O) groups is 1. The molecule has 1 heterocycles. The lowest BCUT2D eigenvalue weighted by Gasteiger charge is -2.36. The van der Waals surface area contributed by atoms with Crippen molar-refractivity contribution in [3.05, 3.63) is 60.7 Å². The number of hydrogen-bond acceptors (Lipinski definition) is 6. The van der Waals surface area contributed by atoms with Gasteiger partial charge in [-0.15, -0.1) is 0 Å². The molecule has 1 fully saturated rings. The molecule has 2 atom stereocenters. The summed E-state index contributed by atoms with van der Waals surface area (Å²) >= 11 is 0. The quantitative estimate of drug-likeness (QED) is 0.0532. The number of unbranched alkanes of at least 4 members (excludes halogenated alkanes) is 22. The number of amides is 1. The average Bonchev–Trinajstić information content (AvgIpc) is 3.77. The molecule has 2 N–H and O–H groups in total. The summed E-state index contributed by atoms with van der Waals surface area (Å²) in [7, 11) is 0. The maximum absolute atomic E-state index is 13.3. The molecule has 0 saturated carbocycles. The normalized spacial score (nSPS) is 14.6. The van der Waals surface area contributed by atoms with Gasteiger partial charge in [0.05, 0.1) is 43.2 Å². The highest BCUT2D eigenvalue weighted by molar-refractivity contribution is 5.82. The van der Waals surface area contributed by atoms with Gasteiger partial charge in [-0.1, -0.05) is 192 Å². The Balaban J connectivity index is 1.55. The molecule has 0 aromatic heterocycles. The number of benzene rings is 2. The summed E-state index contributed by atoms with van der Waals surface area (Å²) in [4.78, 5) is 26.6. The molecule has 0 bridgehead atoms. The first-order valence-corrected chi connectivity index (χ1v) is 23.2. The Labute approximate surface area is 338 Å². The molecule has 1 aliphatic rings. The van der Waals surface area contributed by atoms with E-state index in [9.17, 15) is 4.79 Å². The molecule has 1 aliphatic heterocycles. The van der Waals surface area contributed by atoms with Crippen LogP contribution in [0.4, 0.5) is 11.4 Å². The van der Waals surface area contributed by atoms with Gasteiger partial charge in [0, 0.05) is 6.54 Å². The van der Waals surface area contributed by atoms with E-state index in [0.717, 1.165) is 43.6 Å². The van der Waals surface area contributed by atoms with Crippen LogP contribution in [-0.2, 0) is 14.5 Å². The van der Waals surface area contributed by atoms with Crippen molar-refractivity contribution in [1.82, 2.24) is 10.6 Å². The van der Waals surface area contributed by atoms with Crippen molar-refractivity contribution in [2.24, 2.45) is 0 Å². The maximum atomic E-state index is 13.3. The molecule has 55 heavy (non-hydrogen) atoms. The van der Waals surface area contributed by atoms with Crippen molar-refractivity contribution >= 4 is 17.3 Å². The molecule has 0 radical (unpaired) electrons. The standard InChI is InChI=1S/C48H82N4O3/c1-3-5-7-9-11-13-15-17-19-21-23-31-40-54-51(44-34-27-25-28-35-44)43-46(42-50-48(53)47-38-33-39-49-47)52(45-36-29-26-30-37-45)55-41-32-24-22-20-18-16-14-12-10-8-6-4-2/h25-30,34-37,46-47,49H,3-24,31-33,38-43H2,1-2H3,(H,50,53)/t46?,47-/m0/s1. The second-order valence-electron chi connectivity index (χ2n) is 16.1. The van der Waals surface area contributed by atoms with Gasteiger partial charge in [-0.25, -0.2) is 5.06 Å². The zero-order valence-corrected chi connectivity index (χ0v) is 35.5. The van der Waals surface area contributed by atoms with E-state index in [1.165, 1.54) is 141 Å². The fourth-order valence-corrected chi connectivity index (χ4v) is 7.68. The second-order valence-corrected chi connectivity index (χ2v) is 16.1. The van der Waals surface area contributed by atoms with Crippen LogP contribution in [0.5, 0.6) is 0 Å². The van der Waals surface area contributed by atoms with E-state index in [0.29, 0.717) is 26.3 Å². The summed E-state index contributed by atoms with van der Waals surface area (Å²) < 4.78 is 0. The van der Waals surface area contributed by atoms with Crippen molar-refractivity contribution in [1.29, 1.82) is 0 Å². The Bertz CT molecular complexity index is 1150. The monoisotopic (exact) mass is 763 g/mol. The minimum absolute atomic E-state index is 0.0696. The Morgan fingerprint density at radius 3 is 1.51 bits per heavy atom. The molecule has 1 amide bonds.